The van der Waals surface area contributed by atoms with Crippen LogP contribution in [0, 0.1) is 0 Å². The van der Waals surface area contributed by atoms with Crippen LogP contribution < -0.4 is 5.32 Å². The highest BCUT2D eigenvalue weighted by Crippen LogP contribution is 2.31. The fourth-order valence-corrected chi connectivity index (χ4v) is 2.69. The van der Waals surface area contributed by atoms with Gasteiger partial charge in [0.15, 0.2) is 5.82 Å². The van der Waals surface area contributed by atoms with Gasteiger partial charge in [0.25, 0.3) is 0 Å². The molecule has 1 aliphatic rings. The Balaban J connectivity index is 1.93. The molecule has 0 aliphatic carbocycles. The number of hydrogen-bond donors (Lipinski definition) is 1. The van der Waals surface area contributed by atoms with Gasteiger partial charge < -0.3 is 14.3 Å². The van der Waals surface area contributed by atoms with E-state index < -0.39 is 0 Å². The molecule has 1 N–H and O–H groups in total. The molecule has 2 aromatic heterocycles. The van der Waals surface area contributed by atoms with E-state index >= 15 is 0 Å². The zero-order valence-electron chi connectivity index (χ0n) is 10.6. The van der Waals surface area contributed by atoms with E-state index in [2.05, 4.69) is 33.1 Å². The standard InChI is InChI=1S/C14H14N4O/c1-9-13-16-17-14(18(13)7-6-15-9)11-8-19-12-5-3-2-4-10(11)12/h2-5,8-9,15H,6-7H2,1H3. The molecule has 5 heteroatoms. The number of hydrogen-bond acceptors (Lipinski definition) is 4. The Morgan fingerprint density at radius 2 is 2.21 bits per heavy atom. The van der Waals surface area contributed by atoms with Crippen molar-refractivity contribution in [1.29, 1.82) is 0 Å². The smallest absolute Gasteiger partial charge is 0.167 e. The first kappa shape index (κ1) is 10.8. The Bertz CT molecular complexity index is 743. The maximum absolute atomic E-state index is 5.59. The Labute approximate surface area is 110 Å². The van der Waals surface area contributed by atoms with E-state index in [0.717, 1.165) is 41.3 Å². The lowest BCUT2D eigenvalue weighted by Crippen LogP contribution is -2.32. The summed E-state index contributed by atoms with van der Waals surface area (Å²) in [6.07, 6.45) is 1.77. The van der Waals surface area contributed by atoms with Crippen LogP contribution in [-0.2, 0) is 6.54 Å². The zero-order chi connectivity index (χ0) is 12.8. The number of furan rings is 1. The first-order valence-corrected chi connectivity index (χ1v) is 6.47. The van der Waals surface area contributed by atoms with Crippen LogP contribution in [0.25, 0.3) is 22.4 Å². The SMILES string of the molecule is CC1NCCn2c(-c3coc4ccccc34)nnc21. The summed E-state index contributed by atoms with van der Waals surface area (Å²) in [5.74, 6) is 1.89. The van der Waals surface area contributed by atoms with Crippen LogP contribution in [0.5, 0.6) is 0 Å². The topological polar surface area (TPSA) is 55.9 Å². The summed E-state index contributed by atoms with van der Waals surface area (Å²) in [6.45, 7) is 3.94. The molecular weight excluding hydrogens is 240 g/mol. The van der Waals surface area contributed by atoms with Gasteiger partial charge in [0.1, 0.15) is 17.7 Å². The second kappa shape index (κ2) is 3.93. The van der Waals surface area contributed by atoms with Gasteiger partial charge in [0, 0.05) is 18.5 Å². The molecule has 1 aromatic carbocycles. The number of fused-ring (bicyclic) bond motifs is 2. The van der Waals surface area contributed by atoms with Crippen LogP contribution in [0.2, 0.25) is 0 Å². The van der Waals surface area contributed by atoms with E-state index in [1.165, 1.54) is 0 Å². The number of aromatic nitrogens is 3. The highest BCUT2D eigenvalue weighted by Gasteiger charge is 2.23. The van der Waals surface area contributed by atoms with Crippen molar-refractivity contribution >= 4 is 11.0 Å². The van der Waals surface area contributed by atoms with Crippen molar-refractivity contribution in [2.75, 3.05) is 6.54 Å². The Morgan fingerprint density at radius 1 is 1.32 bits per heavy atom. The lowest BCUT2D eigenvalue weighted by Gasteiger charge is -2.21. The zero-order valence-corrected chi connectivity index (χ0v) is 10.6. The van der Waals surface area contributed by atoms with Crippen LogP contribution >= 0.6 is 0 Å². The van der Waals surface area contributed by atoms with Gasteiger partial charge in [-0.2, -0.15) is 0 Å². The van der Waals surface area contributed by atoms with Crippen LogP contribution in [0.1, 0.15) is 18.8 Å². The predicted octanol–water partition coefficient (Wildman–Crippen LogP) is 2.36. The summed E-state index contributed by atoms with van der Waals surface area (Å²) >= 11 is 0. The Morgan fingerprint density at radius 3 is 3.16 bits per heavy atom. The van der Waals surface area contributed by atoms with Gasteiger partial charge in [-0.1, -0.05) is 18.2 Å². The Kier molecular flexibility index (Phi) is 2.22. The third-order valence-corrected chi connectivity index (χ3v) is 3.67. The van der Waals surface area contributed by atoms with E-state index in [9.17, 15) is 0 Å². The summed E-state index contributed by atoms with van der Waals surface area (Å²) in [4.78, 5) is 0. The third kappa shape index (κ3) is 1.51. The molecule has 1 atom stereocenters. The Hall–Kier alpha value is -2.14. The lowest BCUT2D eigenvalue weighted by molar-refractivity contribution is 0.439. The van der Waals surface area contributed by atoms with Crippen molar-refractivity contribution in [3.05, 3.63) is 36.4 Å². The molecule has 1 aliphatic heterocycles. The van der Waals surface area contributed by atoms with Gasteiger partial charge in [0.05, 0.1) is 11.6 Å². The van der Waals surface area contributed by atoms with Crippen molar-refractivity contribution in [2.24, 2.45) is 0 Å². The van der Waals surface area contributed by atoms with Crippen LogP contribution in [0.4, 0.5) is 0 Å². The highest BCUT2D eigenvalue weighted by atomic mass is 16.3. The summed E-state index contributed by atoms with van der Waals surface area (Å²) < 4.78 is 7.77. The fourth-order valence-electron chi connectivity index (χ4n) is 2.69. The number of nitrogens with one attached hydrogen (secondary N) is 1. The van der Waals surface area contributed by atoms with Crippen molar-refractivity contribution in [3.8, 4) is 11.4 Å². The van der Waals surface area contributed by atoms with Crippen LogP contribution in [0.15, 0.2) is 34.9 Å². The van der Waals surface area contributed by atoms with Crippen LogP contribution in [0.3, 0.4) is 0 Å². The molecule has 0 saturated heterocycles. The average molecular weight is 254 g/mol. The number of rotatable bonds is 1. The molecule has 0 spiro atoms. The molecular formula is C14H14N4O. The molecule has 19 heavy (non-hydrogen) atoms. The third-order valence-electron chi connectivity index (χ3n) is 3.67. The second-order valence-corrected chi connectivity index (χ2v) is 4.85. The minimum Gasteiger partial charge on any atom is -0.464 e. The molecule has 96 valence electrons. The molecule has 1 unspecified atom stereocenters. The number of nitrogens with zero attached hydrogens (tertiary/aromatic N) is 3. The largest absolute Gasteiger partial charge is 0.464 e. The maximum atomic E-state index is 5.59. The summed E-state index contributed by atoms with van der Waals surface area (Å²) in [5, 5.41) is 13.1. The van der Waals surface area contributed by atoms with Gasteiger partial charge in [-0.05, 0) is 13.0 Å². The van der Waals surface area contributed by atoms with E-state index in [1.807, 2.05) is 18.2 Å². The summed E-state index contributed by atoms with van der Waals surface area (Å²) in [6, 6.07) is 8.25. The summed E-state index contributed by atoms with van der Waals surface area (Å²) in [7, 11) is 0. The van der Waals surface area contributed by atoms with E-state index in [4.69, 9.17) is 4.42 Å². The van der Waals surface area contributed by atoms with E-state index in [0.29, 0.717) is 0 Å². The van der Waals surface area contributed by atoms with Crippen molar-refractivity contribution < 1.29 is 4.42 Å². The monoisotopic (exact) mass is 254 g/mol. The minimum absolute atomic E-state index is 0.244. The van der Waals surface area contributed by atoms with E-state index in [1.54, 1.807) is 6.26 Å². The number of para-hydroxylation sites is 1. The van der Waals surface area contributed by atoms with Gasteiger partial charge in [-0.15, -0.1) is 10.2 Å². The molecule has 5 nitrogen and oxygen atoms in total. The molecule has 3 heterocycles. The first-order valence-electron chi connectivity index (χ1n) is 6.47. The maximum Gasteiger partial charge on any atom is 0.167 e. The quantitative estimate of drug-likeness (QED) is 0.724. The normalized spacial score (nSPS) is 18.7. The molecule has 0 saturated carbocycles. The van der Waals surface area contributed by atoms with Crippen molar-refractivity contribution in [2.45, 2.75) is 19.5 Å². The molecule has 0 bridgehead atoms. The lowest BCUT2D eigenvalue weighted by atomic mass is 10.1. The van der Waals surface area contributed by atoms with Crippen molar-refractivity contribution in [3.63, 3.8) is 0 Å². The predicted molar refractivity (Wildman–Crippen MR) is 71.6 cm³/mol. The molecule has 3 aromatic rings. The van der Waals surface area contributed by atoms with Crippen molar-refractivity contribution in [1.82, 2.24) is 20.1 Å². The summed E-state index contributed by atoms with van der Waals surface area (Å²) in [5.41, 5.74) is 1.90. The van der Waals surface area contributed by atoms with Gasteiger partial charge >= 0.3 is 0 Å². The van der Waals surface area contributed by atoms with Gasteiger partial charge in [0.2, 0.25) is 0 Å². The second-order valence-electron chi connectivity index (χ2n) is 4.85. The first-order chi connectivity index (χ1) is 9.34. The molecule has 0 amide bonds. The molecule has 0 fully saturated rings. The van der Waals surface area contributed by atoms with Crippen LogP contribution in [-0.4, -0.2) is 21.3 Å². The molecule has 4 rings (SSSR count). The number of benzene rings is 1. The average Bonchev–Trinajstić information content (AvgIpc) is 3.02. The molecule has 0 radical (unpaired) electrons. The minimum atomic E-state index is 0.244. The highest BCUT2D eigenvalue weighted by molar-refractivity contribution is 5.92. The van der Waals surface area contributed by atoms with Gasteiger partial charge in [-0.25, -0.2) is 0 Å². The van der Waals surface area contributed by atoms with Gasteiger partial charge in [-0.3, -0.25) is 0 Å². The fraction of sp³-hybridized carbons (Fsp3) is 0.286. The van der Waals surface area contributed by atoms with E-state index in [-0.39, 0.29) is 6.04 Å².